The van der Waals surface area contributed by atoms with Crippen molar-refractivity contribution >= 4 is 23.4 Å². The van der Waals surface area contributed by atoms with Gasteiger partial charge in [-0.25, -0.2) is 0 Å². The number of nitrogens with zero attached hydrogens (tertiary/aromatic N) is 3. The highest BCUT2D eigenvalue weighted by Gasteiger charge is 2.17. The van der Waals surface area contributed by atoms with Crippen molar-refractivity contribution in [1.29, 1.82) is 0 Å². The summed E-state index contributed by atoms with van der Waals surface area (Å²) in [6.45, 7) is 0. The number of thioether (sulfide) groups is 1. The zero-order valence-electron chi connectivity index (χ0n) is 6.61. The van der Waals surface area contributed by atoms with Crippen LogP contribution in [-0.4, -0.2) is 26.3 Å². The standard InChI is InChI=1S/C7H10ClN3S/c8-7-10-9-5-11(7)6-1-3-12-4-2-6/h5-6H,1-4H2. The average Bonchev–Trinajstić information content (AvgIpc) is 2.53. The van der Waals surface area contributed by atoms with Gasteiger partial charge in [0.25, 0.3) is 0 Å². The van der Waals surface area contributed by atoms with Crippen molar-refractivity contribution in [3.63, 3.8) is 0 Å². The van der Waals surface area contributed by atoms with E-state index < -0.39 is 0 Å². The van der Waals surface area contributed by atoms with Crippen molar-refractivity contribution in [2.24, 2.45) is 0 Å². The van der Waals surface area contributed by atoms with E-state index in [4.69, 9.17) is 11.6 Å². The fourth-order valence-electron chi connectivity index (χ4n) is 1.44. The molecular formula is C7H10ClN3S. The molecule has 3 nitrogen and oxygen atoms in total. The lowest BCUT2D eigenvalue weighted by Gasteiger charge is -2.22. The molecule has 5 heteroatoms. The van der Waals surface area contributed by atoms with E-state index in [0.29, 0.717) is 11.3 Å². The lowest BCUT2D eigenvalue weighted by atomic mass is 10.1. The molecule has 0 amide bonds. The van der Waals surface area contributed by atoms with Gasteiger partial charge in [0.2, 0.25) is 5.28 Å². The molecule has 0 spiro atoms. The minimum Gasteiger partial charge on any atom is -0.301 e. The van der Waals surface area contributed by atoms with Crippen molar-refractivity contribution in [2.45, 2.75) is 18.9 Å². The molecular weight excluding hydrogens is 194 g/mol. The molecule has 0 atom stereocenters. The van der Waals surface area contributed by atoms with Crippen molar-refractivity contribution in [3.8, 4) is 0 Å². The minimum atomic E-state index is 0.520. The monoisotopic (exact) mass is 203 g/mol. The highest BCUT2D eigenvalue weighted by Crippen LogP contribution is 2.28. The topological polar surface area (TPSA) is 30.7 Å². The van der Waals surface area contributed by atoms with Crippen molar-refractivity contribution in [3.05, 3.63) is 11.6 Å². The third kappa shape index (κ3) is 1.59. The van der Waals surface area contributed by atoms with Crippen LogP contribution in [0.4, 0.5) is 0 Å². The summed E-state index contributed by atoms with van der Waals surface area (Å²) >= 11 is 7.86. The van der Waals surface area contributed by atoms with Crippen LogP contribution in [0.5, 0.6) is 0 Å². The number of halogens is 1. The summed E-state index contributed by atoms with van der Waals surface area (Å²) in [5.74, 6) is 2.44. The Morgan fingerprint density at radius 3 is 2.83 bits per heavy atom. The first-order valence-electron chi connectivity index (χ1n) is 4.00. The molecule has 1 aromatic rings. The molecule has 0 aromatic carbocycles. The molecule has 0 unspecified atom stereocenters. The maximum atomic E-state index is 5.86. The first-order chi connectivity index (χ1) is 5.88. The predicted octanol–water partition coefficient (Wildman–Crippen LogP) is 2.00. The lowest BCUT2D eigenvalue weighted by molar-refractivity contribution is 0.468. The van der Waals surface area contributed by atoms with Gasteiger partial charge < -0.3 is 4.57 Å². The molecule has 12 heavy (non-hydrogen) atoms. The molecule has 0 aliphatic carbocycles. The normalized spacial score (nSPS) is 19.8. The zero-order valence-corrected chi connectivity index (χ0v) is 8.18. The molecule has 0 N–H and O–H groups in total. The van der Waals surface area contributed by atoms with Gasteiger partial charge in [-0.1, -0.05) is 0 Å². The molecule has 1 fully saturated rings. The van der Waals surface area contributed by atoms with E-state index in [1.165, 1.54) is 24.3 Å². The van der Waals surface area contributed by atoms with Gasteiger partial charge in [0, 0.05) is 6.04 Å². The van der Waals surface area contributed by atoms with E-state index in [2.05, 4.69) is 10.2 Å². The summed E-state index contributed by atoms with van der Waals surface area (Å²) in [6, 6.07) is 0.522. The summed E-state index contributed by atoms with van der Waals surface area (Å²) in [5.41, 5.74) is 0. The van der Waals surface area contributed by atoms with E-state index in [0.717, 1.165) is 0 Å². The van der Waals surface area contributed by atoms with Crippen LogP contribution >= 0.6 is 23.4 Å². The molecule has 1 aliphatic rings. The second kappa shape index (κ2) is 3.66. The summed E-state index contributed by atoms with van der Waals surface area (Å²) in [7, 11) is 0. The van der Waals surface area contributed by atoms with Gasteiger partial charge in [-0.15, -0.1) is 10.2 Å². The summed E-state index contributed by atoms with van der Waals surface area (Å²) in [6.07, 6.45) is 4.09. The second-order valence-corrected chi connectivity index (χ2v) is 4.41. The van der Waals surface area contributed by atoms with Crippen LogP contribution in [0.25, 0.3) is 0 Å². The van der Waals surface area contributed by atoms with Crippen LogP contribution < -0.4 is 0 Å². The van der Waals surface area contributed by atoms with Crippen LogP contribution in [0.15, 0.2) is 6.33 Å². The van der Waals surface area contributed by atoms with E-state index in [9.17, 15) is 0 Å². The third-order valence-corrected chi connectivity index (χ3v) is 3.43. The molecule has 2 rings (SSSR count). The van der Waals surface area contributed by atoms with E-state index in [1.54, 1.807) is 6.33 Å². The van der Waals surface area contributed by atoms with Crippen LogP contribution in [0.2, 0.25) is 5.28 Å². The molecule has 0 radical (unpaired) electrons. The highest BCUT2D eigenvalue weighted by molar-refractivity contribution is 7.99. The number of hydrogen-bond acceptors (Lipinski definition) is 3. The van der Waals surface area contributed by atoms with Gasteiger partial charge >= 0.3 is 0 Å². The average molecular weight is 204 g/mol. The fourth-order valence-corrected chi connectivity index (χ4v) is 2.74. The maximum absolute atomic E-state index is 5.86. The molecule has 1 aromatic heterocycles. The third-order valence-electron chi connectivity index (χ3n) is 2.11. The molecule has 1 aliphatic heterocycles. The van der Waals surface area contributed by atoms with Crippen molar-refractivity contribution < 1.29 is 0 Å². The van der Waals surface area contributed by atoms with E-state index >= 15 is 0 Å². The molecule has 66 valence electrons. The van der Waals surface area contributed by atoms with Crippen LogP contribution in [0, 0.1) is 0 Å². The van der Waals surface area contributed by atoms with Crippen LogP contribution in [0.1, 0.15) is 18.9 Å². The Bertz CT molecular complexity index is 257. The Morgan fingerprint density at radius 1 is 1.50 bits per heavy atom. The van der Waals surface area contributed by atoms with E-state index in [1.807, 2.05) is 16.3 Å². The Balaban J connectivity index is 2.13. The van der Waals surface area contributed by atoms with Gasteiger partial charge in [-0.3, -0.25) is 0 Å². The quantitative estimate of drug-likeness (QED) is 0.700. The molecule has 1 saturated heterocycles. The van der Waals surface area contributed by atoms with Crippen LogP contribution in [0.3, 0.4) is 0 Å². The second-order valence-electron chi connectivity index (χ2n) is 2.85. The summed E-state index contributed by atoms with van der Waals surface area (Å²) in [4.78, 5) is 0. The Hall–Kier alpha value is -0.220. The van der Waals surface area contributed by atoms with Crippen molar-refractivity contribution in [2.75, 3.05) is 11.5 Å². The number of hydrogen-bond donors (Lipinski definition) is 0. The molecule has 0 bridgehead atoms. The van der Waals surface area contributed by atoms with Crippen LogP contribution in [-0.2, 0) is 0 Å². The summed E-state index contributed by atoms with van der Waals surface area (Å²) < 4.78 is 1.97. The Labute approximate surface area is 80.5 Å². The largest absolute Gasteiger partial charge is 0.301 e. The van der Waals surface area contributed by atoms with Crippen molar-refractivity contribution in [1.82, 2.24) is 14.8 Å². The predicted molar refractivity (Wildman–Crippen MR) is 50.6 cm³/mol. The number of aromatic nitrogens is 3. The van der Waals surface area contributed by atoms with Gasteiger partial charge in [0.15, 0.2) is 0 Å². The Morgan fingerprint density at radius 2 is 2.25 bits per heavy atom. The molecule has 2 heterocycles. The lowest BCUT2D eigenvalue weighted by Crippen LogP contribution is -2.14. The Kier molecular flexibility index (Phi) is 2.56. The highest BCUT2D eigenvalue weighted by atomic mass is 35.5. The zero-order chi connectivity index (χ0) is 8.39. The SMILES string of the molecule is Clc1nncn1C1CCSCC1. The smallest absolute Gasteiger partial charge is 0.225 e. The summed E-state index contributed by atoms with van der Waals surface area (Å²) in [5, 5.41) is 8.05. The number of rotatable bonds is 1. The van der Waals surface area contributed by atoms with E-state index in [-0.39, 0.29) is 0 Å². The molecule has 0 saturated carbocycles. The van der Waals surface area contributed by atoms with Gasteiger partial charge in [-0.05, 0) is 35.9 Å². The first-order valence-corrected chi connectivity index (χ1v) is 5.54. The van der Waals surface area contributed by atoms with Gasteiger partial charge in [0.1, 0.15) is 6.33 Å². The van der Waals surface area contributed by atoms with Gasteiger partial charge in [-0.2, -0.15) is 11.8 Å². The first kappa shape index (κ1) is 8.38. The fraction of sp³-hybridized carbons (Fsp3) is 0.714. The van der Waals surface area contributed by atoms with Gasteiger partial charge in [0.05, 0.1) is 0 Å². The minimum absolute atomic E-state index is 0.520. The maximum Gasteiger partial charge on any atom is 0.225 e.